The molecule has 32 heavy (non-hydrogen) atoms. The predicted molar refractivity (Wildman–Crippen MR) is 129 cm³/mol. The van der Waals surface area contributed by atoms with Crippen LogP contribution in [0.25, 0.3) is 10.8 Å². The summed E-state index contributed by atoms with van der Waals surface area (Å²) in [4.78, 5) is 15.4. The van der Waals surface area contributed by atoms with Gasteiger partial charge in [0.25, 0.3) is 5.91 Å². The molecule has 0 fully saturated rings. The predicted octanol–water partition coefficient (Wildman–Crippen LogP) is 6.39. The van der Waals surface area contributed by atoms with Crippen LogP contribution < -0.4 is 10.1 Å². The first kappa shape index (κ1) is 20.1. The Balaban J connectivity index is 1.65. The summed E-state index contributed by atoms with van der Waals surface area (Å²) in [6.07, 6.45) is -0.339. The molecule has 4 heteroatoms. The molecule has 0 spiro atoms. The number of carbonyl (C=O) groups is 1. The second-order valence-corrected chi connectivity index (χ2v) is 8.37. The van der Waals surface area contributed by atoms with Crippen molar-refractivity contribution in [3.63, 3.8) is 0 Å². The number of hydrogen-bond donors (Lipinski definition) is 1. The van der Waals surface area contributed by atoms with Crippen LogP contribution in [0, 0.1) is 0 Å². The molecule has 1 N–H and O–H groups in total. The number of ether oxygens (including phenoxy) is 1. The molecule has 1 unspecified atom stereocenters. The zero-order chi connectivity index (χ0) is 22.1. The first-order valence-electron chi connectivity index (χ1n) is 11.0. The Labute approximate surface area is 188 Å². The topological polar surface area (TPSA) is 41.6 Å². The van der Waals surface area contributed by atoms with E-state index in [0.717, 1.165) is 33.3 Å². The molecule has 1 amide bonds. The Morgan fingerprint density at radius 3 is 2.41 bits per heavy atom. The SMILES string of the molecule is CC(C)N1C(=O)c2ccccc2NC1c1c(OCc2ccccc2)ccc2ccccc12. The van der Waals surface area contributed by atoms with Crippen LogP contribution in [0.15, 0.2) is 91.0 Å². The van der Waals surface area contributed by atoms with E-state index in [1.807, 2.05) is 65.6 Å². The van der Waals surface area contributed by atoms with Gasteiger partial charge in [0.1, 0.15) is 18.5 Å². The second kappa shape index (κ2) is 8.39. The smallest absolute Gasteiger partial charge is 0.258 e. The van der Waals surface area contributed by atoms with Crippen LogP contribution in [0.3, 0.4) is 0 Å². The number of rotatable bonds is 5. The number of carbonyl (C=O) groups excluding carboxylic acids is 1. The Kier molecular flexibility index (Phi) is 5.28. The summed E-state index contributed by atoms with van der Waals surface area (Å²) >= 11 is 0. The second-order valence-electron chi connectivity index (χ2n) is 8.37. The fourth-order valence-electron chi connectivity index (χ4n) is 4.43. The zero-order valence-corrected chi connectivity index (χ0v) is 18.3. The maximum absolute atomic E-state index is 13.5. The number of amides is 1. The highest BCUT2D eigenvalue weighted by atomic mass is 16.5. The van der Waals surface area contributed by atoms with Crippen LogP contribution in [0.5, 0.6) is 5.75 Å². The van der Waals surface area contributed by atoms with Gasteiger partial charge >= 0.3 is 0 Å². The Morgan fingerprint density at radius 1 is 0.875 bits per heavy atom. The number of para-hydroxylation sites is 1. The van der Waals surface area contributed by atoms with Gasteiger partial charge < -0.3 is 15.0 Å². The van der Waals surface area contributed by atoms with Crippen molar-refractivity contribution in [3.05, 3.63) is 108 Å². The molecule has 0 saturated heterocycles. The van der Waals surface area contributed by atoms with Crippen LogP contribution in [-0.2, 0) is 6.61 Å². The van der Waals surface area contributed by atoms with Crippen molar-refractivity contribution in [1.82, 2.24) is 4.90 Å². The van der Waals surface area contributed by atoms with Crippen molar-refractivity contribution in [3.8, 4) is 5.75 Å². The van der Waals surface area contributed by atoms with Crippen LogP contribution in [0.2, 0.25) is 0 Å². The summed E-state index contributed by atoms with van der Waals surface area (Å²) in [5.74, 6) is 0.809. The lowest BCUT2D eigenvalue weighted by Gasteiger charge is -2.41. The average Bonchev–Trinajstić information content (AvgIpc) is 2.82. The molecule has 1 aliphatic heterocycles. The third-order valence-corrected chi connectivity index (χ3v) is 5.96. The van der Waals surface area contributed by atoms with Crippen LogP contribution in [-0.4, -0.2) is 16.8 Å². The lowest BCUT2D eigenvalue weighted by atomic mass is 9.96. The van der Waals surface area contributed by atoms with Gasteiger partial charge in [0, 0.05) is 17.3 Å². The van der Waals surface area contributed by atoms with E-state index in [4.69, 9.17) is 4.74 Å². The summed E-state index contributed by atoms with van der Waals surface area (Å²) in [6, 6.07) is 30.2. The molecule has 1 heterocycles. The molecule has 4 nitrogen and oxygen atoms in total. The first-order valence-corrected chi connectivity index (χ1v) is 11.0. The van der Waals surface area contributed by atoms with Gasteiger partial charge in [-0.05, 0) is 48.4 Å². The van der Waals surface area contributed by atoms with Gasteiger partial charge in [-0.2, -0.15) is 0 Å². The first-order chi connectivity index (χ1) is 15.6. The van der Waals surface area contributed by atoms with Crippen molar-refractivity contribution >= 4 is 22.4 Å². The highest BCUT2D eigenvalue weighted by molar-refractivity contribution is 6.02. The summed E-state index contributed by atoms with van der Waals surface area (Å²) in [5.41, 5.74) is 3.63. The lowest BCUT2D eigenvalue weighted by Crippen LogP contribution is -2.46. The molecule has 0 aliphatic carbocycles. The fraction of sp³-hybridized carbons (Fsp3) is 0.179. The quantitative estimate of drug-likeness (QED) is 0.405. The molecule has 1 aliphatic rings. The number of hydrogen-bond acceptors (Lipinski definition) is 3. The van der Waals surface area contributed by atoms with E-state index in [-0.39, 0.29) is 18.1 Å². The summed E-state index contributed by atoms with van der Waals surface area (Å²) in [7, 11) is 0. The monoisotopic (exact) mass is 422 g/mol. The molecule has 0 saturated carbocycles. The Bertz CT molecular complexity index is 1270. The number of benzene rings is 4. The van der Waals surface area contributed by atoms with Crippen molar-refractivity contribution < 1.29 is 9.53 Å². The lowest BCUT2D eigenvalue weighted by molar-refractivity contribution is 0.0615. The highest BCUT2D eigenvalue weighted by Crippen LogP contribution is 2.41. The molecule has 4 aromatic rings. The van der Waals surface area contributed by atoms with Crippen molar-refractivity contribution in [2.45, 2.75) is 32.7 Å². The molecule has 0 bridgehead atoms. The standard InChI is InChI=1S/C28H26N2O2/c1-19(2)30-27(29-24-15-9-8-14-23(24)28(30)31)26-22-13-7-6-12-21(22)16-17-25(26)32-18-20-10-4-3-5-11-20/h3-17,19,27,29H,18H2,1-2H3. The van der Waals surface area contributed by atoms with E-state index in [2.05, 4.69) is 49.5 Å². The third-order valence-electron chi connectivity index (χ3n) is 5.96. The van der Waals surface area contributed by atoms with Gasteiger partial charge in [0.2, 0.25) is 0 Å². The summed E-state index contributed by atoms with van der Waals surface area (Å²) in [6.45, 7) is 4.57. The Morgan fingerprint density at radius 2 is 1.59 bits per heavy atom. The van der Waals surface area contributed by atoms with Crippen molar-refractivity contribution in [1.29, 1.82) is 0 Å². The largest absolute Gasteiger partial charge is 0.488 e. The van der Waals surface area contributed by atoms with Gasteiger partial charge in [0.15, 0.2) is 0 Å². The van der Waals surface area contributed by atoms with E-state index >= 15 is 0 Å². The van der Waals surface area contributed by atoms with Gasteiger partial charge in [-0.15, -0.1) is 0 Å². The van der Waals surface area contributed by atoms with Gasteiger partial charge in [-0.1, -0.05) is 72.8 Å². The van der Waals surface area contributed by atoms with E-state index < -0.39 is 0 Å². The van der Waals surface area contributed by atoms with E-state index in [0.29, 0.717) is 12.2 Å². The van der Waals surface area contributed by atoms with Gasteiger partial charge in [-0.25, -0.2) is 0 Å². The maximum atomic E-state index is 13.5. The minimum atomic E-state index is -0.339. The zero-order valence-electron chi connectivity index (χ0n) is 18.3. The number of anilines is 1. The molecule has 0 radical (unpaired) electrons. The molecular formula is C28H26N2O2. The summed E-state index contributed by atoms with van der Waals surface area (Å²) < 4.78 is 6.36. The fourth-order valence-corrected chi connectivity index (χ4v) is 4.43. The normalized spacial score (nSPS) is 15.5. The van der Waals surface area contributed by atoms with Crippen molar-refractivity contribution in [2.24, 2.45) is 0 Å². The van der Waals surface area contributed by atoms with Crippen LogP contribution in [0.1, 0.15) is 41.5 Å². The van der Waals surface area contributed by atoms with Crippen molar-refractivity contribution in [2.75, 3.05) is 5.32 Å². The van der Waals surface area contributed by atoms with E-state index in [1.165, 1.54) is 0 Å². The average molecular weight is 423 g/mol. The molecular weight excluding hydrogens is 396 g/mol. The number of fused-ring (bicyclic) bond motifs is 2. The van der Waals surface area contributed by atoms with Gasteiger partial charge in [0.05, 0.1) is 5.56 Å². The summed E-state index contributed by atoms with van der Waals surface area (Å²) in [5, 5.41) is 5.83. The van der Waals surface area contributed by atoms with Crippen LogP contribution in [0.4, 0.5) is 5.69 Å². The molecule has 0 aromatic heterocycles. The Hall–Kier alpha value is -3.79. The van der Waals surface area contributed by atoms with E-state index in [9.17, 15) is 4.79 Å². The minimum absolute atomic E-state index is 0.00861. The van der Waals surface area contributed by atoms with Crippen LogP contribution >= 0.6 is 0 Å². The molecule has 160 valence electrons. The number of nitrogens with one attached hydrogen (secondary N) is 1. The van der Waals surface area contributed by atoms with Gasteiger partial charge in [-0.3, -0.25) is 4.79 Å². The number of nitrogens with zero attached hydrogens (tertiary/aromatic N) is 1. The molecule has 1 atom stereocenters. The third kappa shape index (κ3) is 3.58. The van der Waals surface area contributed by atoms with E-state index in [1.54, 1.807) is 0 Å². The molecule has 4 aromatic carbocycles. The maximum Gasteiger partial charge on any atom is 0.258 e. The molecule has 5 rings (SSSR count). The minimum Gasteiger partial charge on any atom is -0.488 e. The highest BCUT2D eigenvalue weighted by Gasteiger charge is 2.36.